The second-order valence-electron chi connectivity index (χ2n) is 4.34. The molecule has 6 heteroatoms. The van der Waals surface area contributed by atoms with Crippen LogP contribution in [0.4, 0.5) is 0 Å². The van der Waals surface area contributed by atoms with Crippen LogP contribution in [-0.2, 0) is 4.79 Å². The zero-order valence-electron chi connectivity index (χ0n) is 10.7. The third kappa shape index (κ3) is 3.52. The van der Waals surface area contributed by atoms with Gasteiger partial charge in [-0.2, -0.15) is 5.10 Å². The lowest BCUT2D eigenvalue weighted by atomic mass is 9.94. The van der Waals surface area contributed by atoms with Crippen molar-refractivity contribution in [3.63, 3.8) is 0 Å². The Labute approximate surface area is 102 Å². The number of nitrogens with two attached hydrogens (primary N) is 1. The molecular weight excluding hydrogens is 218 g/mol. The van der Waals surface area contributed by atoms with Crippen molar-refractivity contribution in [3.8, 4) is 0 Å². The van der Waals surface area contributed by atoms with E-state index in [0.717, 1.165) is 12.8 Å². The molecule has 3 N–H and O–H groups in total. The first kappa shape index (κ1) is 13.6. The molecular formula is C11H21N5O. The van der Waals surface area contributed by atoms with Crippen LogP contribution in [0.5, 0.6) is 0 Å². The fourth-order valence-electron chi connectivity index (χ4n) is 1.45. The van der Waals surface area contributed by atoms with Crippen molar-refractivity contribution in [1.82, 2.24) is 20.1 Å². The third-order valence-electron chi connectivity index (χ3n) is 3.24. The Morgan fingerprint density at radius 1 is 1.53 bits per heavy atom. The highest BCUT2D eigenvalue weighted by Crippen LogP contribution is 2.10. The first-order valence-corrected chi connectivity index (χ1v) is 5.93. The Hall–Kier alpha value is -1.43. The van der Waals surface area contributed by atoms with Crippen LogP contribution in [0.1, 0.15) is 39.7 Å². The zero-order chi connectivity index (χ0) is 12.9. The molecule has 6 nitrogen and oxygen atoms in total. The Balaban J connectivity index is 2.50. The summed E-state index contributed by atoms with van der Waals surface area (Å²) in [6.45, 7) is 6.31. The van der Waals surface area contributed by atoms with Gasteiger partial charge in [0.1, 0.15) is 18.7 Å². The summed E-state index contributed by atoms with van der Waals surface area (Å²) < 4.78 is 1.52. The molecule has 0 saturated heterocycles. The molecule has 0 aliphatic heterocycles. The highest BCUT2D eigenvalue weighted by Gasteiger charge is 2.23. The van der Waals surface area contributed by atoms with Crippen molar-refractivity contribution in [1.29, 1.82) is 0 Å². The second-order valence-corrected chi connectivity index (χ2v) is 4.34. The monoisotopic (exact) mass is 239 g/mol. The van der Waals surface area contributed by atoms with Gasteiger partial charge >= 0.3 is 0 Å². The Morgan fingerprint density at radius 3 is 2.65 bits per heavy atom. The molecule has 1 aromatic rings. The van der Waals surface area contributed by atoms with Crippen molar-refractivity contribution in [2.24, 2.45) is 5.73 Å². The van der Waals surface area contributed by atoms with E-state index >= 15 is 0 Å². The van der Waals surface area contributed by atoms with Gasteiger partial charge in [-0.15, -0.1) is 0 Å². The van der Waals surface area contributed by atoms with Crippen LogP contribution >= 0.6 is 0 Å². The maximum Gasteiger partial charge on any atom is 0.244 e. The van der Waals surface area contributed by atoms with Crippen molar-refractivity contribution in [2.45, 2.75) is 45.2 Å². The minimum absolute atomic E-state index is 0.0905. The van der Waals surface area contributed by atoms with Crippen LogP contribution < -0.4 is 11.1 Å². The van der Waals surface area contributed by atoms with Gasteiger partial charge in [-0.25, -0.2) is 9.67 Å². The van der Waals surface area contributed by atoms with E-state index < -0.39 is 0 Å². The van der Waals surface area contributed by atoms with Gasteiger partial charge in [-0.1, -0.05) is 13.8 Å². The molecule has 0 spiro atoms. The molecule has 96 valence electrons. The van der Waals surface area contributed by atoms with Crippen LogP contribution in [0, 0.1) is 0 Å². The number of rotatable bonds is 6. The van der Waals surface area contributed by atoms with Gasteiger partial charge < -0.3 is 11.1 Å². The van der Waals surface area contributed by atoms with E-state index in [4.69, 9.17) is 5.73 Å². The Morgan fingerprint density at radius 2 is 2.18 bits per heavy atom. The minimum atomic E-state index is -0.365. The van der Waals surface area contributed by atoms with Crippen LogP contribution in [0.2, 0.25) is 0 Å². The van der Waals surface area contributed by atoms with Crippen LogP contribution in [0.15, 0.2) is 12.7 Å². The molecule has 1 rings (SSSR count). The summed E-state index contributed by atoms with van der Waals surface area (Å²) in [6, 6.07) is -0.365. The molecule has 0 fully saturated rings. The quantitative estimate of drug-likeness (QED) is 0.755. The molecule has 0 aliphatic rings. The SMILES string of the molecule is CCC(N)(CC)CNC(=O)C(C)n1cncn1. The summed E-state index contributed by atoms with van der Waals surface area (Å²) in [5, 5.41) is 6.80. The summed E-state index contributed by atoms with van der Waals surface area (Å²) in [4.78, 5) is 15.7. The van der Waals surface area contributed by atoms with Gasteiger partial charge in [0.15, 0.2) is 0 Å². The molecule has 0 saturated carbocycles. The number of hydrogen-bond acceptors (Lipinski definition) is 4. The average molecular weight is 239 g/mol. The van der Waals surface area contributed by atoms with E-state index in [1.807, 2.05) is 13.8 Å². The van der Waals surface area contributed by atoms with E-state index in [0.29, 0.717) is 6.54 Å². The topological polar surface area (TPSA) is 85.8 Å². The number of nitrogens with one attached hydrogen (secondary N) is 1. The number of carbonyl (C=O) groups is 1. The number of aromatic nitrogens is 3. The van der Waals surface area contributed by atoms with Gasteiger partial charge in [0, 0.05) is 12.1 Å². The average Bonchev–Trinajstić information content (AvgIpc) is 2.88. The molecule has 1 amide bonds. The van der Waals surface area contributed by atoms with E-state index in [1.165, 1.54) is 17.3 Å². The summed E-state index contributed by atoms with van der Waals surface area (Å²) in [6.07, 6.45) is 4.61. The highest BCUT2D eigenvalue weighted by molar-refractivity contribution is 5.79. The van der Waals surface area contributed by atoms with Crippen molar-refractivity contribution < 1.29 is 4.79 Å². The Kier molecular flexibility index (Phi) is 4.62. The fraction of sp³-hybridized carbons (Fsp3) is 0.727. The standard InChI is InChI=1S/C11H21N5O/c1-4-11(12,5-2)6-14-10(17)9(3)16-8-13-7-15-16/h7-9H,4-6,12H2,1-3H3,(H,14,17). The van der Waals surface area contributed by atoms with Crippen molar-refractivity contribution in [3.05, 3.63) is 12.7 Å². The summed E-state index contributed by atoms with van der Waals surface area (Å²) in [7, 11) is 0. The molecule has 1 heterocycles. The second kappa shape index (κ2) is 5.77. The largest absolute Gasteiger partial charge is 0.352 e. The summed E-state index contributed by atoms with van der Waals surface area (Å²) >= 11 is 0. The number of amides is 1. The predicted octanol–water partition coefficient (Wildman–Crippen LogP) is 0.473. The molecule has 0 aliphatic carbocycles. The lowest BCUT2D eigenvalue weighted by Crippen LogP contribution is -2.50. The van der Waals surface area contributed by atoms with Crippen LogP contribution in [0.3, 0.4) is 0 Å². The van der Waals surface area contributed by atoms with Gasteiger partial charge in [0.2, 0.25) is 5.91 Å². The van der Waals surface area contributed by atoms with Crippen molar-refractivity contribution >= 4 is 5.91 Å². The minimum Gasteiger partial charge on any atom is -0.352 e. The molecule has 1 atom stereocenters. The first-order valence-electron chi connectivity index (χ1n) is 5.93. The maximum atomic E-state index is 11.9. The van der Waals surface area contributed by atoms with E-state index in [-0.39, 0.29) is 17.5 Å². The van der Waals surface area contributed by atoms with Gasteiger partial charge in [0.25, 0.3) is 0 Å². The Bertz CT molecular complexity index is 345. The van der Waals surface area contributed by atoms with E-state index in [9.17, 15) is 4.79 Å². The zero-order valence-corrected chi connectivity index (χ0v) is 10.7. The van der Waals surface area contributed by atoms with Crippen LogP contribution in [-0.4, -0.2) is 32.8 Å². The van der Waals surface area contributed by atoms with E-state index in [2.05, 4.69) is 15.4 Å². The first-order chi connectivity index (χ1) is 8.02. The van der Waals surface area contributed by atoms with Gasteiger partial charge in [-0.05, 0) is 19.8 Å². The molecule has 1 aromatic heterocycles. The van der Waals surface area contributed by atoms with Gasteiger partial charge in [-0.3, -0.25) is 4.79 Å². The lowest BCUT2D eigenvalue weighted by Gasteiger charge is -2.27. The summed E-state index contributed by atoms with van der Waals surface area (Å²) in [5.74, 6) is -0.0905. The maximum absolute atomic E-state index is 11.9. The number of nitrogens with zero attached hydrogens (tertiary/aromatic N) is 3. The van der Waals surface area contributed by atoms with E-state index in [1.54, 1.807) is 6.92 Å². The summed E-state index contributed by atoms with van der Waals surface area (Å²) in [5.41, 5.74) is 5.79. The molecule has 1 unspecified atom stereocenters. The number of carbonyl (C=O) groups excluding carboxylic acids is 1. The van der Waals surface area contributed by atoms with Crippen molar-refractivity contribution in [2.75, 3.05) is 6.54 Å². The lowest BCUT2D eigenvalue weighted by molar-refractivity contribution is -0.124. The smallest absolute Gasteiger partial charge is 0.244 e. The van der Waals surface area contributed by atoms with Crippen LogP contribution in [0.25, 0.3) is 0 Å². The normalized spacial score (nSPS) is 13.4. The third-order valence-corrected chi connectivity index (χ3v) is 3.24. The molecule has 0 radical (unpaired) electrons. The number of hydrogen-bond donors (Lipinski definition) is 2. The molecule has 0 bridgehead atoms. The van der Waals surface area contributed by atoms with Gasteiger partial charge in [0.05, 0.1) is 0 Å². The molecule has 0 aromatic carbocycles. The fourth-order valence-corrected chi connectivity index (χ4v) is 1.45. The predicted molar refractivity (Wildman–Crippen MR) is 65.2 cm³/mol. The highest BCUT2D eigenvalue weighted by atomic mass is 16.2. The molecule has 17 heavy (non-hydrogen) atoms.